The SMILES string of the molecule is CCCC(CC1CCCCC1)C(=O)N[C@@H](C)CN. The quantitative estimate of drug-likeness (QED) is 0.734. The van der Waals surface area contributed by atoms with Gasteiger partial charge in [0, 0.05) is 18.5 Å². The van der Waals surface area contributed by atoms with Crippen LogP contribution >= 0.6 is 0 Å². The summed E-state index contributed by atoms with van der Waals surface area (Å²) in [5.74, 6) is 1.20. The van der Waals surface area contributed by atoms with Crippen LogP contribution in [0.25, 0.3) is 0 Å². The Balaban J connectivity index is 2.44. The highest BCUT2D eigenvalue weighted by Gasteiger charge is 2.24. The largest absolute Gasteiger partial charge is 0.352 e. The van der Waals surface area contributed by atoms with E-state index >= 15 is 0 Å². The zero-order chi connectivity index (χ0) is 13.4. The molecule has 3 N–H and O–H groups in total. The summed E-state index contributed by atoms with van der Waals surface area (Å²) >= 11 is 0. The first-order chi connectivity index (χ1) is 8.67. The number of nitrogens with two attached hydrogens (primary N) is 1. The molecule has 0 aromatic heterocycles. The Morgan fingerprint density at radius 3 is 2.56 bits per heavy atom. The lowest BCUT2D eigenvalue weighted by molar-refractivity contribution is -0.126. The molecule has 18 heavy (non-hydrogen) atoms. The van der Waals surface area contributed by atoms with Gasteiger partial charge in [-0.25, -0.2) is 0 Å². The molecule has 1 aliphatic rings. The first kappa shape index (κ1) is 15.5. The van der Waals surface area contributed by atoms with Crippen LogP contribution in [0, 0.1) is 11.8 Å². The Morgan fingerprint density at radius 1 is 1.33 bits per heavy atom. The van der Waals surface area contributed by atoms with E-state index in [1.165, 1.54) is 32.1 Å². The van der Waals surface area contributed by atoms with Gasteiger partial charge in [-0.2, -0.15) is 0 Å². The van der Waals surface area contributed by atoms with Crippen LogP contribution in [0.1, 0.15) is 65.2 Å². The predicted molar refractivity (Wildman–Crippen MR) is 76.2 cm³/mol. The predicted octanol–water partition coefficient (Wildman–Crippen LogP) is 2.84. The fraction of sp³-hybridized carbons (Fsp3) is 0.933. The molecule has 1 fully saturated rings. The van der Waals surface area contributed by atoms with Crippen molar-refractivity contribution in [3.63, 3.8) is 0 Å². The molecule has 3 heteroatoms. The molecule has 3 nitrogen and oxygen atoms in total. The molecule has 106 valence electrons. The van der Waals surface area contributed by atoms with Gasteiger partial charge < -0.3 is 11.1 Å². The minimum absolute atomic E-state index is 0.100. The standard InChI is InChI=1S/C15H30N2O/c1-3-7-14(15(18)17-12(2)11-16)10-13-8-5-4-6-9-13/h12-14H,3-11,16H2,1-2H3,(H,17,18)/t12-,14?/m0/s1. The zero-order valence-corrected chi connectivity index (χ0v) is 12.1. The van der Waals surface area contributed by atoms with Crippen LogP contribution in [0.15, 0.2) is 0 Å². The fourth-order valence-corrected chi connectivity index (χ4v) is 2.95. The van der Waals surface area contributed by atoms with Crippen molar-refractivity contribution in [1.29, 1.82) is 0 Å². The second kappa shape index (κ2) is 8.52. The van der Waals surface area contributed by atoms with Crippen molar-refractivity contribution >= 4 is 5.91 Å². The van der Waals surface area contributed by atoms with E-state index in [0.29, 0.717) is 6.54 Å². The molecular formula is C15H30N2O. The van der Waals surface area contributed by atoms with Crippen molar-refractivity contribution in [3.8, 4) is 0 Å². The second-order valence-electron chi connectivity index (χ2n) is 5.87. The van der Waals surface area contributed by atoms with E-state index < -0.39 is 0 Å². The van der Waals surface area contributed by atoms with Crippen LogP contribution in [0.3, 0.4) is 0 Å². The molecule has 1 saturated carbocycles. The van der Waals surface area contributed by atoms with Crippen LogP contribution in [0.5, 0.6) is 0 Å². The highest BCUT2D eigenvalue weighted by molar-refractivity contribution is 5.78. The molecule has 0 aliphatic heterocycles. The van der Waals surface area contributed by atoms with E-state index in [0.717, 1.165) is 25.2 Å². The van der Waals surface area contributed by atoms with Gasteiger partial charge in [-0.05, 0) is 25.7 Å². The molecule has 1 unspecified atom stereocenters. The van der Waals surface area contributed by atoms with Gasteiger partial charge in [-0.1, -0.05) is 45.4 Å². The summed E-state index contributed by atoms with van der Waals surface area (Å²) in [6.45, 7) is 4.66. The highest BCUT2D eigenvalue weighted by Crippen LogP contribution is 2.30. The van der Waals surface area contributed by atoms with Crippen molar-refractivity contribution in [2.45, 2.75) is 71.3 Å². The third kappa shape index (κ3) is 5.38. The van der Waals surface area contributed by atoms with Gasteiger partial charge in [-0.3, -0.25) is 4.79 Å². The van der Waals surface area contributed by atoms with Crippen LogP contribution in [-0.2, 0) is 4.79 Å². The lowest BCUT2D eigenvalue weighted by Gasteiger charge is -2.26. The van der Waals surface area contributed by atoms with Gasteiger partial charge >= 0.3 is 0 Å². The first-order valence-electron chi connectivity index (χ1n) is 7.67. The average Bonchev–Trinajstić information content (AvgIpc) is 2.39. The third-order valence-electron chi connectivity index (χ3n) is 4.09. The Hall–Kier alpha value is -0.570. The lowest BCUT2D eigenvalue weighted by Crippen LogP contribution is -2.41. The number of carbonyl (C=O) groups excluding carboxylic acids is 1. The van der Waals surface area contributed by atoms with Crippen molar-refractivity contribution < 1.29 is 4.79 Å². The summed E-state index contributed by atoms with van der Waals surface area (Å²) in [7, 11) is 0. The minimum atomic E-state index is 0.100. The van der Waals surface area contributed by atoms with Gasteiger partial charge in [0.15, 0.2) is 0 Å². The molecule has 1 aliphatic carbocycles. The number of rotatable bonds is 7. The number of amides is 1. The molecule has 0 radical (unpaired) electrons. The smallest absolute Gasteiger partial charge is 0.223 e. The molecule has 0 heterocycles. The second-order valence-corrected chi connectivity index (χ2v) is 5.87. The summed E-state index contributed by atoms with van der Waals surface area (Å²) in [5, 5.41) is 3.04. The summed E-state index contributed by atoms with van der Waals surface area (Å²) in [4.78, 5) is 12.2. The summed E-state index contributed by atoms with van der Waals surface area (Å²) in [6, 6.07) is 0.100. The maximum absolute atomic E-state index is 12.2. The van der Waals surface area contributed by atoms with Crippen molar-refractivity contribution in [2.75, 3.05) is 6.54 Å². The van der Waals surface area contributed by atoms with Gasteiger partial charge in [0.2, 0.25) is 5.91 Å². The van der Waals surface area contributed by atoms with Gasteiger partial charge in [-0.15, -0.1) is 0 Å². The van der Waals surface area contributed by atoms with Crippen molar-refractivity contribution in [3.05, 3.63) is 0 Å². The summed E-state index contributed by atoms with van der Waals surface area (Å²) in [5.41, 5.74) is 5.56. The molecule has 0 bridgehead atoms. The number of nitrogens with one attached hydrogen (secondary N) is 1. The van der Waals surface area contributed by atoms with E-state index in [9.17, 15) is 4.79 Å². The Bertz CT molecular complexity index is 237. The third-order valence-corrected chi connectivity index (χ3v) is 4.09. The van der Waals surface area contributed by atoms with E-state index in [4.69, 9.17) is 5.73 Å². The van der Waals surface area contributed by atoms with Crippen LogP contribution in [0.4, 0.5) is 0 Å². The molecule has 1 amide bonds. The Morgan fingerprint density at radius 2 is 2.00 bits per heavy atom. The molecule has 0 spiro atoms. The molecule has 1 rings (SSSR count). The van der Waals surface area contributed by atoms with Crippen LogP contribution in [-0.4, -0.2) is 18.5 Å². The van der Waals surface area contributed by atoms with Crippen molar-refractivity contribution in [2.24, 2.45) is 17.6 Å². The minimum Gasteiger partial charge on any atom is -0.352 e. The Kier molecular flexibility index (Phi) is 7.33. The van der Waals surface area contributed by atoms with E-state index in [-0.39, 0.29) is 17.9 Å². The zero-order valence-electron chi connectivity index (χ0n) is 12.1. The molecule has 0 aromatic rings. The molecular weight excluding hydrogens is 224 g/mol. The summed E-state index contributed by atoms with van der Waals surface area (Å²) < 4.78 is 0. The van der Waals surface area contributed by atoms with Gasteiger partial charge in [0.1, 0.15) is 0 Å². The molecule has 0 aromatic carbocycles. The van der Waals surface area contributed by atoms with Crippen molar-refractivity contribution in [1.82, 2.24) is 5.32 Å². The topological polar surface area (TPSA) is 55.1 Å². The van der Waals surface area contributed by atoms with Crippen LogP contribution in [0.2, 0.25) is 0 Å². The number of carbonyl (C=O) groups is 1. The maximum Gasteiger partial charge on any atom is 0.223 e. The van der Waals surface area contributed by atoms with E-state index in [2.05, 4.69) is 12.2 Å². The molecule has 2 atom stereocenters. The Labute approximate surface area is 112 Å². The van der Waals surface area contributed by atoms with E-state index in [1.807, 2.05) is 6.92 Å². The van der Waals surface area contributed by atoms with Gasteiger partial charge in [0.25, 0.3) is 0 Å². The molecule has 0 saturated heterocycles. The van der Waals surface area contributed by atoms with E-state index in [1.54, 1.807) is 0 Å². The average molecular weight is 254 g/mol. The highest BCUT2D eigenvalue weighted by atomic mass is 16.1. The lowest BCUT2D eigenvalue weighted by atomic mass is 9.81. The fourth-order valence-electron chi connectivity index (χ4n) is 2.95. The maximum atomic E-state index is 12.2. The van der Waals surface area contributed by atoms with Gasteiger partial charge in [0.05, 0.1) is 0 Å². The monoisotopic (exact) mass is 254 g/mol. The first-order valence-corrected chi connectivity index (χ1v) is 7.67. The van der Waals surface area contributed by atoms with Crippen LogP contribution < -0.4 is 11.1 Å². The number of hydrogen-bond donors (Lipinski definition) is 2. The number of hydrogen-bond acceptors (Lipinski definition) is 2. The normalized spacial score (nSPS) is 20.4. The summed E-state index contributed by atoms with van der Waals surface area (Å²) in [6.07, 6.45) is 9.90.